The van der Waals surface area contributed by atoms with E-state index < -0.39 is 0 Å². The molecule has 200 valence electrons. The maximum Gasteiger partial charge on any atom is 0.135 e. The average Bonchev–Trinajstić information content (AvgIpc) is 3.54. The molecule has 3 nitrogen and oxygen atoms in total. The number of benzene rings is 3. The van der Waals surface area contributed by atoms with E-state index in [1.807, 2.05) is 31.2 Å². The van der Waals surface area contributed by atoms with Crippen molar-refractivity contribution in [2.75, 3.05) is 10.6 Å². The first-order chi connectivity index (χ1) is 19.7. The Balaban J connectivity index is 1.37. The van der Waals surface area contributed by atoms with E-state index in [-0.39, 0.29) is 12.0 Å². The zero-order valence-corrected chi connectivity index (χ0v) is 23.2. The van der Waals surface area contributed by atoms with Crippen molar-refractivity contribution in [2.45, 2.75) is 32.2 Å². The lowest BCUT2D eigenvalue weighted by Crippen LogP contribution is -2.07. The van der Waals surface area contributed by atoms with Crippen molar-refractivity contribution < 1.29 is 4.42 Å². The first kappa shape index (κ1) is 26.8. The molecule has 1 heterocycles. The van der Waals surface area contributed by atoms with Crippen LogP contribution in [0, 0.1) is 0 Å². The molecular formula is C37H36N2O. The number of nitrogens with one attached hydrogen (secondary N) is 2. The number of hydrogen-bond acceptors (Lipinski definition) is 3. The molecule has 5 rings (SSSR count). The van der Waals surface area contributed by atoms with Crippen molar-refractivity contribution in [2.24, 2.45) is 0 Å². The summed E-state index contributed by atoms with van der Waals surface area (Å²) in [5, 5.41) is 8.55. The predicted molar refractivity (Wildman–Crippen MR) is 173 cm³/mol. The SMILES string of the molecule is C=C/C=C\CC=Cc1ccc(Nc2ccc(NC3C=Cc4oc5ccccc5c43)cc2C(C)/C=C\C=C/C)cc1. The second-order valence-corrected chi connectivity index (χ2v) is 9.91. The van der Waals surface area contributed by atoms with Crippen molar-refractivity contribution in [1.29, 1.82) is 0 Å². The van der Waals surface area contributed by atoms with Crippen LogP contribution in [-0.2, 0) is 0 Å². The van der Waals surface area contributed by atoms with E-state index in [2.05, 4.69) is 127 Å². The molecule has 0 aliphatic heterocycles. The highest BCUT2D eigenvalue weighted by Crippen LogP contribution is 2.40. The Bertz CT molecular complexity index is 1610. The van der Waals surface area contributed by atoms with Gasteiger partial charge in [-0.05, 0) is 66.9 Å². The van der Waals surface area contributed by atoms with E-state index >= 15 is 0 Å². The molecule has 2 atom stereocenters. The monoisotopic (exact) mass is 524 g/mol. The van der Waals surface area contributed by atoms with Crippen LogP contribution >= 0.6 is 0 Å². The molecule has 2 unspecified atom stereocenters. The minimum atomic E-state index is 0.0621. The maximum absolute atomic E-state index is 6.06. The van der Waals surface area contributed by atoms with Gasteiger partial charge in [0.1, 0.15) is 11.3 Å². The van der Waals surface area contributed by atoms with E-state index in [9.17, 15) is 0 Å². The third kappa shape index (κ3) is 6.27. The number of para-hydroxylation sites is 1. The van der Waals surface area contributed by atoms with Crippen LogP contribution in [-0.4, -0.2) is 0 Å². The molecule has 1 aromatic heterocycles. The highest BCUT2D eigenvalue weighted by Gasteiger charge is 2.24. The molecule has 3 aromatic carbocycles. The molecule has 4 aromatic rings. The summed E-state index contributed by atoms with van der Waals surface area (Å²) in [4.78, 5) is 0. The smallest absolute Gasteiger partial charge is 0.135 e. The number of hydrogen-bond donors (Lipinski definition) is 2. The van der Waals surface area contributed by atoms with Crippen LogP contribution in [0.3, 0.4) is 0 Å². The standard InChI is InChI=1S/C37H36N2O/c1-4-6-8-9-11-15-28-18-20-29(21-19-28)38-33-23-22-30(26-32(33)27(3)14-10-7-5-2)39-34-24-25-36-37(34)31-16-12-13-17-35(31)40-36/h4-8,10-27,34,38-39H,1,9H2,2-3H3/b7-5-,8-6-,14-10-,15-11?. The van der Waals surface area contributed by atoms with E-state index in [4.69, 9.17) is 4.42 Å². The summed E-state index contributed by atoms with van der Waals surface area (Å²) in [6.45, 7) is 7.97. The summed E-state index contributed by atoms with van der Waals surface area (Å²) in [7, 11) is 0. The molecule has 0 radical (unpaired) electrons. The van der Waals surface area contributed by atoms with Crippen molar-refractivity contribution in [3.8, 4) is 0 Å². The largest absolute Gasteiger partial charge is 0.456 e. The Hall–Kier alpha value is -4.76. The molecule has 0 amide bonds. The van der Waals surface area contributed by atoms with Crippen molar-refractivity contribution in [1.82, 2.24) is 0 Å². The summed E-state index contributed by atoms with van der Waals surface area (Å²) in [6.07, 6.45) is 23.7. The molecule has 1 aliphatic rings. The first-order valence-electron chi connectivity index (χ1n) is 13.9. The van der Waals surface area contributed by atoms with E-state index in [1.165, 1.54) is 16.7 Å². The van der Waals surface area contributed by atoms with E-state index in [0.717, 1.165) is 40.2 Å². The molecule has 1 aliphatic carbocycles. The van der Waals surface area contributed by atoms with Gasteiger partial charge in [-0.3, -0.25) is 0 Å². The van der Waals surface area contributed by atoms with Crippen LogP contribution in [0.4, 0.5) is 17.1 Å². The highest BCUT2D eigenvalue weighted by atomic mass is 16.3. The summed E-state index contributed by atoms with van der Waals surface area (Å²) in [5.74, 6) is 1.15. The van der Waals surface area contributed by atoms with Gasteiger partial charge >= 0.3 is 0 Å². The fraction of sp³-hybridized carbons (Fsp3) is 0.135. The average molecular weight is 525 g/mol. The van der Waals surface area contributed by atoms with Crippen LogP contribution < -0.4 is 10.6 Å². The lowest BCUT2D eigenvalue weighted by Gasteiger charge is -2.20. The summed E-state index contributed by atoms with van der Waals surface area (Å²) in [5.41, 5.74) is 7.76. The van der Waals surface area contributed by atoms with Gasteiger partial charge in [0.2, 0.25) is 0 Å². The van der Waals surface area contributed by atoms with Gasteiger partial charge in [0.15, 0.2) is 0 Å². The van der Waals surface area contributed by atoms with Crippen molar-refractivity contribution in [3.63, 3.8) is 0 Å². The van der Waals surface area contributed by atoms with Gasteiger partial charge in [-0.15, -0.1) is 0 Å². The molecule has 0 saturated heterocycles. The van der Waals surface area contributed by atoms with E-state index in [0.29, 0.717) is 0 Å². The maximum atomic E-state index is 6.06. The summed E-state index contributed by atoms with van der Waals surface area (Å²) < 4.78 is 6.06. The second kappa shape index (κ2) is 12.9. The number of furan rings is 1. The Kier molecular flexibility index (Phi) is 8.63. The predicted octanol–water partition coefficient (Wildman–Crippen LogP) is 10.7. The Morgan fingerprint density at radius 2 is 1.77 bits per heavy atom. The van der Waals surface area contributed by atoms with Crippen molar-refractivity contribution in [3.05, 3.63) is 150 Å². The molecule has 2 N–H and O–H groups in total. The zero-order chi connectivity index (χ0) is 27.7. The van der Waals surface area contributed by atoms with Crippen LogP contribution in [0.5, 0.6) is 0 Å². The molecule has 0 spiro atoms. The number of anilines is 3. The van der Waals surface area contributed by atoms with Crippen LogP contribution in [0.2, 0.25) is 0 Å². The van der Waals surface area contributed by atoms with Crippen LogP contribution in [0.25, 0.3) is 23.1 Å². The van der Waals surface area contributed by atoms with Crippen molar-refractivity contribution >= 4 is 40.2 Å². The van der Waals surface area contributed by atoms with Gasteiger partial charge < -0.3 is 15.1 Å². The molecular weight excluding hydrogens is 488 g/mol. The van der Waals surface area contributed by atoms with Gasteiger partial charge in [0.25, 0.3) is 0 Å². The Labute approximate surface area is 237 Å². The molecule has 0 fully saturated rings. The Morgan fingerprint density at radius 1 is 0.950 bits per heavy atom. The lowest BCUT2D eigenvalue weighted by molar-refractivity contribution is 0.601. The fourth-order valence-electron chi connectivity index (χ4n) is 4.99. The van der Waals surface area contributed by atoms with Gasteiger partial charge in [-0.2, -0.15) is 0 Å². The molecule has 3 heteroatoms. The first-order valence-corrected chi connectivity index (χ1v) is 13.9. The highest BCUT2D eigenvalue weighted by molar-refractivity contribution is 5.88. The third-order valence-electron chi connectivity index (χ3n) is 7.03. The minimum absolute atomic E-state index is 0.0621. The quantitative estimate of drug-likeness (QED) is 0.192. The fourth-order valence-corrected chi connectivity index (χ4v) is 4.99. The normalized spacial score (nSPS) is 15.6. The van der Waals surface area contributed by atoms with Gasteiger partial charge in [0.05, 0.1) is 6.04 Å². The van der Waals surface area contributed by atoms with Crippen LogP contribution in [0.15, 0.2) is 132 Å². The lowest BCUT2D eigenvalue weighted by atomic mass is 9.97. The summed E-state index contributed by atoms with van der Waals surface area (Å²) in [6, 6.07) is 23.4. The minimum Gasteiger partial charge on any atom is -0.456 e. The topological polar surface area (TPSA) is 37.2 Å². The second-order valence-electron chi connectivity index (χ2n) is 9.91. The number of allylic oxidation sites excluding steroid dienone is 8. The third-order valence-corrected chi connectivity index (χ3v) is 7.03. The van der Waals surface area contributed by atoms with E-state index in [1.54, 1.807) is 6.08 Å². The molecule has 0 bridgehead atoms. The Morgan fingerprint density at radius 3 is 2.60 bits per heavy atom. The van der Waals surface area contributed by atoms with Gasteiger partial charge in [0, 0.05) is 33.9 Å². The summed E-state index contributed by atoms with van der Waals surface area (Å²) >= 11 is 0. The zero-order valence-electron chi connectivity index (χ0n) is 23.2. The number of fused-ring (bicyclic) bond motifs is 3. The molecule has 0 saturated carbocycles. The van der Waals surface area contributed by atoms with Crippen LogP contribution in [0.1, 0.15) is 54.7 Å². The van der Waals surface area contributed by atoms with Gasteiger partial charge in [-0.1, -0.05) is 105 Å². The molecule has 40 heavy (non-hydrogen) atoms. The number of rotatable bonds is 11. The van der Waals surface area contributed by atoms with Gasteiger partial charge in [-0.25, -0.2) is 0 Å².